The number of methoxy groups -OCH3 is 2. The SMILES string of the molecule is COCCN(c1ncccc1C(C)N)C(C)COC. The minimum Gasteiger partial charge on any atom is -0.383 e. The molecule has 0 aliphatic carbocycles. The fraction of sp³-hybridized carbons (Fsp3) is 0.643. The Kier molecular flexibility index (Phi) is 6.77. The number of anilines is 1. The first-order chi connectivity index (χ1) is 9.11. The Labute approximate surface area is 115 Å². The number of hydrogen-bond acceptors (Lipinski definition) is 5. The summed E-state index contributed by atoms with van der Waals surface area (Å²) < 4.78 is 10.4. The summed E-state index contributed by atoms with van der Waals surface area (Å²) in [5, 5.41) is 0. The van der Waals surface area contributed by atoms with Crippen LogP contribution < -0.4 is 10.6 Å². The lowest BCUT2D eigenvalue weighted by molar-refractivity contribution is 0.170. The summed E-state index contributed by atoms with van der Waals surface area (Å²) in [6.07, 6.45) is 1.79. The summed E-state index contributed by atoms with van der Waals surface area (Å²) >= 11 is 0. The summed E-state index contributed by atoms with van der Waals surface area (Å²) in [7, 11) is 3.40. The monoisotopic (exact) mass is 267 g/mol. The van der Waals surface area contributed by atoms with Crippen LogP contribution in [0.25, 0.3) is 0 Å². The van der Waals surface area contributed by atoms with Crippen LogP contribution >= 0.6 is 0 Å². The van der Waals surface area contributed by atoms with Crippen molar-refractivity contribution >= 4 is 5.82 Å². The van der Waals surface area contributed by atoms with E-state index in [1.807, 2.05) is 19.1 Å². The summed E-state index contributed by atoms with van der Waals surface area (Å²) in [5.74, 6) is 0.916. The quantitative estimate of drug-likeness (QED) is 0.775. The third kappa shape index (κ3) is 4.45. The van der Waals surface area contributed by atoms with E-state index in [0.717, 1.165) is 17.9 Å². The van der Waals surface area contributed by atoms with Crippen LogP contribution in [0, 0.1) is 0 Å². The van der Waals surface area contributed by atoms with Crippen molar-refractivity contribution in [2.75, 3.05) is 38.9 Å². The number of hydrogen-bond donors (Lipinski definition) is 1. The largest absolute Gasteiger partial charge is 0.383 e. The molecule has 0 radical (unpaired) electrons. The molecule has 1 aromatic heterocycles. The van der Waals surface area contributed by atoms with E-state index >= 15 is 0 Å². The zero-order valence-electron chi connectivity index (χ0n) is 12.3. The standard InChI is InChI=1S/C14H25N3O2/c1-11(10-19-4)17(8-9-18-3)14-13(12(2)15)6-5-7-16-14/h5-7,11-12H,8-10,15H2,1-4H3. The Balaban J connectivity index is 3.02. The molecule has 0 aliphatic heterocycles. The van der Waals surface area contributed by atoms with E-state index in [4.69, 9.17) is 15.2 Å². The predicted octanol–water partition coefficient (Wildman–Crippen LogP) is 1.59. The Morgan fingerprint density at radius 2 is 2.05 bits per heavy atom. The predicted molar refractivity (Wildman–Crippen MR) is 77.4 cm³/mol. The summed E-state index contributed by atoms with van der Waals surface area (Å²) in [5.41, 5.74) is 7.07. The van der Waals surface area contributed by atoms with Gasteiger partial charge in [-0.15, -0.1) is 0 Å². The van der Waals surface area contributed by atoms with Crippen molar-refractivity contribution in [2.45, 2.75) is 25.9 Å². The maximum atomic E-state index is 6.03. The van der Waals surface area contributed by atoms with Gasteiger partial charge in [0.2, 0.25) is 0 Å². The van der Waals surface area contributed by atoms with Gasteiger partial charge in [-0.3, -0.25) is 0 Å². The summed E-state index contributed by atoms with van der Waals surface area (Å²) in [6, 6.07) is 4.10. The molecule has 2 atom stereocenters. The van der Waals surface area contributed by atoms with Crippen LogP contribution in [0.4, 0.5) is 5.82 Å². The third-order valence-corrected chi connectivity index (χ3v) is 3.06. The maximum absolute atomic E-state index is 6.03. The van der Waals surface area contributed by atoms with Gasteiger partial charge in [-0.25, -0.2) is 4.98 Å². The van der Waals surface area contributed by atoms with Gasteiger partial charge in [-0.2, -0.15) is 0 Å². The Hall–Kier alpha value is -1.17. The van der Waals surface area contributed by atoms with E-state index in [-0.39, 0.29) is 12.1 Å². The fourth-order valence-electron chi connectivity index (χ4n) is 2.06. The van der Waals surface area contributed by atoms with Crippen molar-refractivity contribution in [1.82, 2.24) is 4.98 Å². The lowest BCUT2D eigenvalue weighted by Gasteiger charge is -2.31. The van der Waals surface area contributed by atoms with Crippen molar-refractivity contribution in [2.24, 2.45) is 5.73 Å². The third-order valence-electron chi connectivity index (χ3n) is 3.06. The Morgan fingerprint density at radius 3 is 2.63 bits per heavy atom. The number of nitrogens with zero attached hydrogens (tertiary/aromatic N) is 2. The maximum Gasteiger partial charge on any atom is 0.133 e. The highest BCUT2D eigenvalue weighted by molar-refractivity contribution is 5.49. The van der Waals surface area contributed by atoms with Crippen molar-refractivity contribution in [3.05, 3.63) is 23.9 Å². The fourth-order valence-corrected chi connectivity index (χ4v) is 2.06. The molecule has 1 heterocycles. The lowest BCUT2D eigenvalue weighted by atomic mass is 10.1. The molecule has 0 fully saturated rings. The van der Waals surface area contributed by atoms with Gasteiger partial charge in [0.05, 0.1) is 19.3 Å². The summed E-state index contributed by atoms with van der Waals surface area (Å²) in [6.45, 7) is 6.12. The summed E-state index contributed by atoms with van der Waals surface area (Å²) in [4.78, 5) is 6.68. The average Bonchev–Trinajstić information content (AvgIpc) is 2.40. The van der Waals surface area contributed by atoms with Crippen LogP contribution in [-0.4, -0.2) is 45.0 Å². The van der Waals surface area contributed by atoms with Crippen LogP contribution in [0.1, 0.15) is 25.5 Å². The first-order valence-electron chi connectivity index (χ1n) is 6.56. The number of rotatable bonds is 8. The minimum atomic E-state index is -0.0523. The van der Waals surface area contributed by atoms with E-state index in [1.165, 1.54) is 0 Å². The Morgan fingerprint density at radius 1 is 1.32 bits per heavy atom. The number of ether oxygens (including phenoxy) is 2. The lowest BCUT2D eigenvalue weighted by Crippen LogP contribution is -2.40. The first-order valence-corrected chi connectivity index (χ1v) is 6.56. The normalized spacial score (nSPS) is 14.2. The second kappa shape index (κ2) is 8.09. The van der Waals surface area contributed by atoms with E-state index in [9.17, 15) is 0 Å². The van der Waals surface area contributed by atoms with Gasteiger partial charge in [0.25, 0.3) is 0 Å². The molecule has 0 aliphatic rings. The number of nitrogens with two attached hydrogens (primary N) is 1. The highest BCUT2D eigenvalue weighted by atomic mass is 16.5. The van der Waals surface area contributed by atoms with Crippen molar-refractivity contribution in [3.8, 4) is 0 Å². The number of pyridine rings is 1. The highest BCUT2D eigenvalue weighted by Crippen LogP contribution is 2.24. The molecule has 0 bridgehead atoms. The van der Waals surface area contributed by atoms with Crippen LogP contribution in [0.5, 0.6) is 0 Å². The molecule has 0 amide bonds. The highest BCUT2D eigenvalue weighted by Gasteiger charge is 2.19. The van der Waals surface area contributed by atoms with Crippen LogP contribution in [-0.2, 0) is 9.47 Å². The van der Waals surface area contributed by atoms with Crippen LogP contribution in [0.3, 0.4) is 0 Å². The second-order valence-electron chi connectivity index (χ2n) is 4.70. The number of aromatic nitrogens is 1. The Bertz CT molecular complexity index is 371. The molecule has 5 nitrogen and oxygen atoms in total. The zero-order chi connectivity index (χ0) is 14.3. The van der Waals surface area contributed by atoms with Gasteiger partial charge in [0, 0.05) is 38.6 Å². The minimum absolute atomic E-state index is 0.0523. The molecule has 0 spiro atoms. The molecular weight excluding hydrogens is 242 g/mol. The molecule has 2 unspecified atom stereocenters. The van der Waals surface area contributed by atoms with Crippen LogP contribution in [0.15, 0.2) is 18.3 Å². The zero-order valence-corrected chi connectivity index (χ0v) is 12.3. The smallest absolute Gasteiger partial charge is 0.133 e. The first kappa shape index (κ1) is 15.9. The molecule has 0 saturated carbocycles. The van der Waals surface area contributed by atoms with Gasteiger partial charge in [0.1, 0.15) is 5.82 Å². The van der Waals surface area contributed by atoms with E-state index in [1.54, 1.807) is 20.4 Å². The molecule has 108 valence electrons. The average molecular weight is 267 g/mol. The molecule has 1 rings (SSSR count). The molecule has 1 aromatic rings. The van der Waals surface area contributed by atoms with Crippen molar-refractivity contribution in [1.29, 1.82) is 0 Å². The van der Waals surface area contributed by atoms with Gasteiger partial charge in [-0.05, 0) is 19.9 Å². The van der Waals surface area contributed by atoms with Gasteiger partial charge >= 0.3 is 0 Å². The van der Waals surface area contributed by atoms with Gasteiger partial charge in [-0.1, -0.05) is 6.07 Å². The van der Waals surface area contributed by atoms with Gasteiger partial charge in [0.15, 0.2) is 0 Å². The van der Waals surface area contributed by atoms with E-state index in [2.05, 4.69) is 16.8 Å². The molecule has 0 saturated heterocycles. The molecular formula is C14H25N3O2. The topological polar surface area (TPSA) is 60.6 Å². The van der Waals surface area contributed by atoms with Crippen LogP contribution in [0.2, 0.25) is 0 Å². The van der Waals surface area contributed by atoms with Gasteiger partial charge < -0.3 is 20.1 Å². The van der Waals surface area contributed by atoms with E-state index in [0.29, 0.717) is 13.2 Å². The second-order valence-corrected chi connectivity index (χ2v) is 4.70. The molecule has 2 N–H and O–H groups in total. The molecule has 0 aromatic carbocycles. The molecule has 19 heavy (non-hydrogen) atoms. The van der Waals surface area contributed by atoms with Crippen molar-refractivity contribution in [3.63, 3.8) is 0 Å². The molecule has 5 heteroatoms. The van der Waals surface area contributed by atoms with E-state index < -0.39 is 0 Å². The van der Waals surface area contributed by atoms with Crippen molar-refractivity contribution < 1.29 is 9.47 Å².